The van der Waals surface area contributed by atoms with E-state index in [2.05, 4.69) is 20.1 Å². The van der Waals surface area contributed by atoms with Crippen molar-refractivity contribution in [3.63, 3.8) is 0 Å². The van der Waals surface area contributed by atoms with E-state index < -0.39 is 12.1 Å². The van der Waals surface area contributed by atoms with Crippen LogP contribution in [0.15, 0.2) is 53.8 Å². The Morgan fingerprint density at radius 3 is 2.92 bits per heavy atom. The molecule has 1 aliphatic rings. The molecular weight excluding hydrogens is 479 g/mol. The summed E-state index contributed by atoms with van der Waals surface area (Å²) in [6.07, 6.45) is 7.06. The molecule has 192 valence electrons. The van der Waals surface area contributed by atoms with Gasteiger partial charge in [-0.25, -0.2) is 4.39 Å². The van der Waals surface area contributed by atoms with Crippen LogP contribution in [0.25, 0.3) is 10.9 Å². The van der Waals surface area contributed by atoms with Crippen LogP contribution in [0.3, 0.4) is 0 Å². The Kier molecular flexibility index (Phi) is 9.47. The number of halogens is 1. The maximum absolute atomic E-state index is 15.5. The Bertz CT molecular complexity index is 1140. The molecule has 0 radical (unpaired) electrons. The van der Waals surface area contributed by atoms with Gasteiger partial charge in [-0.2, -0.15) is 10.2 Å². The minimum absolute atomic E-state index is 0.0368. The predicted molar refractivity (Wildman–Crippen MR) is 139 cm³/mol. The maximum atomic E-state index is 15.5. The quantitative estimate of drug-likeness (QED) is 0.254. The molecule has 0 amide bonds. The molecule has 9 heteroatoms. The van der Waals surface area contributed by atoms with Gasteiger partial charge in [0, 0.05) is 29.4 Å². The second-order valence-electron chi connectivity index (χ2n) is 9.32. The SMILES string of the molecule is COc1ccc2nccc([C@H](F)CC[C@@H]3CCN(CCCSc4ccnnc4)C[C@@H]3CC(=O)O)c2c1. The Morgan fingerprint density at radius 1 is 1.25 bits per heavy atom. The average molecular weight is 513 g/mol. The van der Waals surface area contributed by atoms with Gasteiger partial charge in [0.1, 0.15) is 11.9 Å². The normalized spacial score (nSPS) is 19.3. The van der Waals surface area contributed by atoms with E-state index in [9.17, 15) is 9.90 Å². The number of rotatable bonds is 12. The third-order valence-electron chi connectivity index (χ3n) is 6.97. The van der Waals surface area contributed by atoms with Crippen LogP contribution in [0.5, 0.6) is 5.75 Å². The molecular formula is C27H33FN4O3S. The smallest absolute Gasteiger partial charge is 0.303 e. The fraction of sp³-hybridized carbons (Fsp3) is 0.481. The summed E-state index contributed by atoms with van der Waals surface area (Å²) in [5.41, 5.74) is 1.36. The molecule has 7 nitrogen and oxygen atoms in total. The van der Waals surface area contributed by atoms with Gasteiger partial charge in [-0.3, -0.25) is 9.78 Å². The van der Waals surface area contributed by atoms with Gasteiger partial charge in [-0.1, -0.05) is 0 Å². The first kappa shape index (κ1) is 26.3. The molecule has 0 unspecified atom stereocenters. The lowest BCUT2D eigenvalue weighted by Gasteiger charge is -2.38. The summed E-state index contributed by atoms with van der Waals surface area (Å²) in [4.78, 5) is 19.4. The number of carboxylic acid groups (broad SMARTS) is 1. The molecule has 2 aromatic heterocycles. The lowest BCUT2D eigenvalue weighted by molar-refractivity contribution is -0.139. The number of aromatic nitrogens is 3. The number of thioether (sulfide) groups is 1. The second kappa shape index (κ2) is 13.0. The van der Waals surface area contributed by atoms with E-state index in [0.29, 0.717) is 24.2 Å². The Balaban J connectivity index is 1.31. The summed E-state index contributed by atoms with van der Waals surface area (Å²) in [5.74, 6) is 1.11. The molecule has 0 spiro atoms. The molecule has 0 saturated carbocycles. The van der Waals surface area contributed by atoms with Gasteiger partial charge in [-0.05, 0) is 92.3 Å². The number of aliphatic carboxylic acids is 1. The first-order valence-electron chi connectivity index (χ1n) is 12.4. The second-order valence-corrected chi connectivity index (χ2v) is 10.5. The molecule has 1 N–H and O–H groups in total. The molecule has 3 atom stereocenters. The summed E-state index contributed by atoms with van der Waals surface area (Å²) in [6.45, 7) is 2.62. The molecule has 3 heterocycles. The van der Waals surface area contributed by atoms with Crippen LogP contribution in [0.4, 0.5) is 4.39 Å². The average Bonchev–Trinajstić information content (AvgIpc) is 2.90. The van der Waals surface area contributed by atoms with Crippen LogP contribution < -0.4 is 4.74 Å². The monoisotopic (exact) mass is 512 g/mol. The number of alkyl halides is 1. The van der Waals surface area contributed by atoms with Crippen LogP contribution in [-0.4, -0.2) is 63.7 Å². The van der Waals surface area contributed by atoms with Crippen molar-refractivity contribution >= 4 is 28.6 Å². The summed E-state index contributed by atoms with van der Waals surface area (Å²) in [7, 11) is 1.59. The number of likely N-dealkylation sites (tertiary alicyclic amines) is 1. The number of nitrogens with zero attached hydrogens (tertiary/aromatic N) is 4. The summed E-state index contributed by atoms with van der Waals surface area (Å²) in [6, 6.07) is 9.19. The largest absolute Gasteiger partial charge is 0.497 e. The van der Waals surface area contributed by atoms with Crippen molar-refractivity contribution in [1.29, 1.82) is 0 Å². The Hall–Kier alpha value is -2.78. The van der Waals surface area contributed by atoms with Crippen molar-refractivity contribution in [2.24, 2.45) is 11.8 Å². The van der Waals surface area contributed by atoms with Gasteiger partial charge in [0.2, 0.25) is 0 Å². The van der Waals surface area contributed by atoms with Crippen LogP contribution in [-0.2, 0) is 4.79 Å². The highest BCUT2D eigenvalue weighted by Crippen LogP contribution is 2.36. The molecule has 1 aliphatic heterocycles. The number of methoxy groups -OCH3 is 1. The molecule has 4 rings (SSSR count). The number of pyridine rings is 1. The van der Waals surface area contributed by atoms with Gasteiger partial charge >= 0.3 is 5.97 Å². The van der Waals surface area contributed by atoms with Gasteiger partial charge in [0.25, 0.3) is 0 Å². The van der Waals surface area contributed by atoms with Gasteiger partial charge < -0.3 is 14.7 Å². The molecule has 1 aromatic carbocycles. The number of benzene rings is 1. The third kappa shape index (κ3) is 7.13. The topological polar surface area (TPSA) is 88.4 Å². The Morgan fingerprint density at radius 2 is 2.14 bits per heavy atom. The fourth-order valence-corrected chi connectivity index (χ4v) is 5.89. The zero-order valence-electron chi connectivity index (χ0n) is 20.6. The lowest BCUT2D eigenvalue weighted by Crippen LogP contribution is -2.42. The molecule has 36 heavy (non-hydrogen) atoms. The van der Waals surface area contributed by atoms with Crippen LogP contribution in [0.2, 0.25) is 0 Å². The van der Waals surface area contributed by atoms with E-state index in [1.54, 1.807) is 43.5 Å². The summed E-state index contributed by atoms with van der Waals surface area (Å²) < 4.78 is 20.8. The number of fused-ring (bicyclic) bond motifs is 1. The minimum atomic E-state index is -1.13. The summed E-state index contributed by atoms with van der Waals surface area (Å²) in [5, 5.41) is 18.0. The van der Waals surface area contributed by atoms with E-state index >= 15 is 4.39 Å². The molecule has 3 aromatic rings. The summed E-state index contributed by atoms with van der Waals surface area (Å²) >= 11 is 1.76. The van der Waals surface area contributed by atoms with Crippen LogP contribution >= 0.6 is 11.8 Å². The highest BCUT2D eigenvalue weighted by atomic mass is 32.2. The number of hydrogen-bond acceptors (Lipinski definition) is 7. The lowest BCUT2D eigenvalue weighted by atomic mass is 9.79. The highest BCUT2D eigenvalue weighted by molar-refractivity contribution is 7.99. The van der Waals surface area contributed by atoms with Crippen molar-refractivity contribution in [2.45, 2.75) is 43.2 Å². The molecule has 0 bridgehead atoms. The Labute approximate surface area is 215 Å². The van der Waals surface area contributed by atoms with Crippen LogP contribution in [0.1, 0.15) is 43.8 Å². The minimum Gasteiger partial charge on any atom is -0.497 e. The van der Waals surface area contributed by atoms with Gasteiger partial charge in [0.05, 0.1) is 25.0 Å². The zero-order valence-corrected chi connectivity index (χ0v) is 21.4. The number of piperidine rings is 1. The van der Waals surface area contributed by atoms with Crippen LogP contribution in [0, 0.1) is 11.8 Å². The van der Waals surface area contributed by atoms with Crippen molar-refractivity contribution < 1.29 is 19.0 Å². The molecule has 0 aliphatic carbocycles. The standard InChI is InChI=1S/C27H33FN4O3S/c1-35-21-4-6-26-24(16-21)23(8-10-29-26)25(28)5-3-19-9-13-32(18-20(19)15-27(33)34)12-2-14-36-22-7-11-30-31-17-22/h4,6-8,10-11,16-17,19-20,25H,2-3,5,9,12-15,18H2,1H3,(H,33,34)/t19-,20+,25-/m1/s1. The van der Waals surface area contributed by atoms with Crippen molar-refractivity contribution in [3.8, 4) is 5.75 Å². The molecule has 1 fully saturated rings. The molecule has 1 saturated heterocycles. The highest BCUT2D eigenvalue weighted by Gasteiger charge is 2.31. The van der Waals surface area contributed by atoms with E-state index in [1.807, 2.05) is 24.3 Å². The number of carboxylic acids is 1. The van der Waals surface area contributed by atoms with E-state index in [0.717, 1.165) is 54.0 Å². The van der Waals surface area contributed by atoms with Crippen molar-refractivity contribution in [2.75, 3.05) is 32.5 Å². The number of ether oxygens (including phenoxy) is 1. The van der Waals surface area contributed by atoms with Crippen molar-refractivity contribution in [1.82, 2.24) is 20.1 Å². The van der Waals surface area contributed by atoms with Gasteiger partial charge in [-0.15, -0.1) is 11.8 Å². The van der Waals surface area contributed by atoms with Crippen molar-refractivity contribution in [3.05, 3.63) is 54.5 Å². The number of hydrogen-bond donors (Lipinski definition) is 1. The maximum Gasteiger partial charge on any atom is 0.303 e. The third-order valence-corrected chi connectivity index (χ3v) is 8.04. The van der Waals surface area contributed by atoms with E-state index in [-0.39, 0.29) is 18.3 Å². The van der Waals surface area contributed by atoms with E-state index in [4.69, 9.17) is 4.74 Å². The zero-order chi connectivity index (χ0) is 25.3. The first-order chi connectivity index (χ1) is 17.5. The van der Waals surface area contributed by atoms with E-state index in [1.165, 1.54) is 0 Å². The predicted octanol–water partition coefficient (Wildman–Crippen LogP) is 5.42. The first-order valence-corrected chi connectivity index (χ1v) is 13.4. The number of carbonyl (C=O) groups is 1. The van der Waals surface area contributed by atoms with Gasteiger partial charge in [0.15, 0.2) is 0 Å². The fourth-order valence-electron chi connectivity index (χ4n) is 5.10.